The SMILES string of the molecule is CC1(C)CCN(C(=O)N2CCCCC2(C)C(=O)O)CCS1. The van der Waals surface area contributed by atoms with E-state index in [1.54, 1.807) is 11.8 Å². The number of carboxylic acids is 1. The van der Waals surface area contributed by atoms with Crippen LogP contribution in [0.25, 0.3) is 0 Å². The van der Waals surface area contributed by atoms with E-state index in [-0.39, 0.29) is 10.8 Å². The van der Waals surface area contributed by atoms with E-state index >= 15 is 0 Å². The topological polar surface area (TPSA) is 60.9 Å². The number of carbonyl (C=O) groups is 2. The molecule has 1 atom stereocenters. The van der Waals surface area contributed by atoms with E-state index in [9.17, 15) is 14.7 Å². The normalized spacial score (nSPS) is 29.9. The van der Waals surface area contributed by atoms with E-state index in [1.807, 2.05) is 16.7 Å². The van der Waals surface area contributed by atoms with E-state index < -0.39 is 11.5 Å². The third-order valence-corrected chi connectivity index (χ3v) is 6.06. The fourth-order valence-corrected chi connectivity index (χ4v) is 4.13. The zero-order chi connectivity index (χ0) is 15.7. The second-order valence-electron chi connectivity index (χ2n) is 6.82. The van der Waals surface area contributed by atoms with Crippen LogP contribution < -0.4 is 0 Å². The van der Waals surface area contributed by atoms with Crippen LogP contribution in [0.1, 0.15) is 46.5 Å². The fraction of sp³-hybridized carbons (Fsp3) is 0.867. The highest BCUT2D eigenvalue weighted by molar-refractivity contribution is 8.00. The molecule has 2 aliphatic rings. The standard InChI is InChI=1S/C15H26N2O3S/c1-14(2)7-9-16(10-11-21-14)13(20)17-8-5-4-6-15(17,3)12(18)19/h4-11H2,1-3H3,(H,18,19). The van der Waals surface area contributed by atoms with Crippen molar-refractivity contribution in [2.24, 2.45) is 0 Å². The van der Waals surface area contributed by atoms with Gasteiger partial charge in [0.1, 0.15) is 5.54 Å². The van der Waals surface area contributed by atoms with Crippen molar-refractivity contribution in [3.63, 3.8) is 0 Å². The Bertz CT molecular complexity index is 427. The zero-order valence-electron chi connectivity index (χ0n) is 13.2. The average Bonchev–Trinajstić information content (AvgIpc) is 2.59. The lowest BCUT2D eigenvalue weighted by molar-refractivity contribution is -0.150. The molecule has 120 valence electrons. The smallest absolute Gasteiger partial charge is 0.329 e. The fourth-order valence-electron chi connectivity index (χ4n) is 3.03. The molecule has 2 rings (SSSR count). The summed E-state index contributed by atoms with van der Waals surface area (Å²) in [5, 5.41) is 9.54. The number of hydrogen-bond acceptors (Lipinski definition) is 3. The molecule has 0 aromatic heterocycles. The molecule has 0 bridgehead atoms. The Balaban J connectivity index is 2.12. The van der Waals surface area contributed by atoms with E-state index in [0.29, 0.717) is 26.1 Å². The molecule has 0 spiro atoms. The molecule has 0 radical (unpaired) electrons. The summed E-state index contributed by atoms with van der Waals surface area (Å²) in [6.07, 6.45) is 3.25. The van der Waals surface area contributed by atoms with Crippen LogP contribution in [0.4, 0.5) is 4.79 Å². The molecule has 2 aliphatic heterocycles. The van der Waals surface area contributed by atoms with Gasteiger partial charge in [-0.25, -0.2) is 9.59 Å². The lowest BCUT2D eigenvalue weighted by Crippen LogP contribution is -2.60. The number of thioether (sulfide) groups is 1. The number of piperidine rings is 1. The van der Waals surface area contributed by atoms with Crippen LogP contribution in [-0.2, 0) is 4.79 Å². The maximum Gasteiger partial charge on any atom is 0.329 e. The molecule has 2 amide bonds. The highest BCUT2D eigenvalue weighted by atomic mass is 32.2. The summed E-state index contributed by atoms with van der Waals surface area (Å²) in [5.41, 5.74) is -1.05. The Morgan fingerprint density at radius 2 is 1.76 bits per heavy atom. The van der Waals surface area contributed by atoms with Gasteiger partial charge in [0.2, 0.25) is 0 Å². The molecule has 5 nitrogen and oxygen atoms in total. The number of urea groups is 1. The molecule has 1 unspecified atom stereocenters. The first-order chi connectivity index (χ1) is 9.76. The summed E-state index contributed by atoms with van der Waals surface area (Å²) in [7, 11) is 0. The minimum absolute atomic E-state index is 0.0992. The molecule has 21 heavy (non-hydrogen) atoms. The van der Waals surface area contributed by atoms with Crippen molar-refractivity contribution in [3.8, 4) is 0 Å². The Morgan fingerprint density at radius 3 is 2.43 bits per heavy atom. The minimum Gasteiger partial charge on any atom is -0.480 e. The van der Waals surface area contributed by atoms with Crippen LogP contribution in [-0.4, -0.2) is 62.6 Å². The molecule has 0 aromatic carbocycles. The number of carboxylic acid groups (broad SMARTS) is 1. The molecular weight excluding hydrogens is 288 g/mol. The molecular formula is C15H26N2O3S. The van der Waals surface area contributed by atoms with Crippen LogP contribution in [0.3, 0.4) is 0 Å². The molecule has 2 saturated heterocycles. The number of amides is 2. The summed E-state index contributed by atoms with van der Waals surface area (Å²) in [6, 6.07) is -0.0992. The first-order valence-corrected chi connectivity index (χ1v) is 8.69. The first kappa shape index (κ1) is 16.5. The summed E-state index contributed by atoms with van der Waals surface area (Å²) in [6.45, 7) is 8.06. The van der Waals surface area contributed by atoms with Crippen LogP contribution in [0.15, 0.2) is 0 Å². The van der Waals surface area contributed by atoms with Gasteiger partial charge in [0.05, 0.1) is 0 Å². The van der Waals surface area contributed by atoms with Crippen molar-refractivity contribution in [1.82, 2.24) is 9.80 Å². The summed E-state index contributed by atoms with van der Waals surface area (Å²) in [4.78, 5) is 27.9. The molecule has 0 saturated carbocycles. The molecule has 0 aliphatic carbocycles. The van der Waals surface area contributed by atoms with Crippen molar-refractivity contribution in [3.05, 3.63) is 0 Å². The largest absolute Gasteiger partial charge is 0.480 e. The van der Waals surface area contributed by atoms with Crippen LogP contribution in [0.2, 0.25) is 0 Å². The van der Waals surface area contributed by atoms with E-state index in [2.05, 4.69) is 13.8 Å². The van der Waals surface area contributed by atoms with E-state index in [4.69, 9.17) is 0 Å². The van der Waals surface area contributed by atoms with Gasteiger partial charge in [-0.1, -0.05) is 13.8 Å². The predicted octanol–water partition coefficient (Wildman–Crippen LogP) is 2.65. The number of likely N-dealkylation sites (tertiary alicyclic amines) is 1. The maximum atomic E-state index is 12.8. The highest BCUT2D eigenvalue weighted by Crippen LogP contribution is 2.33. The minimum atomic E-state index is -1.05. The van der Waals surface area contributed by atoms with Crippen LogP contribution in [0, 0.1) is 0 Å². The number of nitrogens with zero attached hydrogens (tertiary/aromatic N) is 2. The van der Waals surface area contributed by atoms with Crippen LogP contribution >= 0.6 is 11.8 Å². The van der Waals surface area contributed by atoms with Gasteiger partial charge >= 0.3 is 12.0 Å². The number of carbonyl (C=O) groups excluding carboxylic acids is 1. The molecule has 0 aromatic rings. The summed E-state index contributed by atoms with van der Waals surface area (Å²) in [5.74, 6) is 0.0242. The summed E-state index contributed by atoms with van der Waals surface area (Å²) >= 11 is 1.89. The Kier molecular flexibility index (Phi) is 4.76. The van der Waals surface area contributed by atoms with Crippen molar-refractivity contribution < 1.29 is 14.7 Å². The van der Waals surface area contributed by atoms with Gasteiger partial charge in [-0.15, -0.1) is 0 Å². The molecule has 2 heterocycles. The van der Waals surface area contributed by atoms with Gasteiger partial charge in [0, 0.05) is 30.1 Å². The van der Waals surface area contributed by atoms with E-state index in [0.717, 1.165) is 25.0 Å². The van der Waals surface area contributed by atoms with Gasteiger partial charge in [-0.05, 0) is 32.6 Å². The zero-order valence-corrected chi connectivity index (χ0v) is 14.0. The quantitative estimate of drug-likeness (QED) is 0.808. The lowest BCUT2D eigenvalue weighted by atomic mass is 9.89. The second kappa shape index (κ2) is 6.07. The van der Waals surface area contributed by atoms with Crippen LogP contribution in [0.5, 0.6) is 0 Å². The molecule has 6 heteroatoms. The number of rotatable bonds is 1. The number of hydrogen-bond donors (Lipinski definition) is 1. The maximum absolute atomic E-state index is 12.8. The molecule has 2 fully saturated rings. The highest BCUT2D eigenvalue weighted by Gasteiger charge is 2.45. The third-order valence-electron chi connectivity index (χ3n) is 4.69. The van der Waals surface area contributed by atoms with Crippen molar-refractivity contribution >= 4 is 23.8 Å². The lowest BCUT2D eigenvalue weighted by Gasteiger charge is -2.43. The van der Waals surface area contributed by atoms with Crippen molar-refractivity contribution in [2.75, 3.05) is 25.4 Å². The predicted molar refractivity (Wildman–Crippen MR) is 84.7 cm³/mol. The first-order valence-electron chi connectivity index (χ1n) is 7.70. The Morgan fingerprint density at radius 1 is 1.05 bits per heavy atom. The second-order valence-corrected chi connectivity index (χ2v) is 8.62. The average molecular weight is 314 g/mol. The third kappa shape index (κ3) is 3.47. The van der Waals surface area contributed by atoms with Gasteiger partial charge in [0.15, 0.2) is 0 Å². The molecule has 1 N–H and O–H groups in total. The van der Waals surface area contributed by atoms with Gasteiger partial charge in [-0.3, -0.25) is 0 Å². The van der Waals surface area contributed by atoms with Gasteiger partial charge < -0.3 is 14.9 Å². The number of aliphatic carboxylic acids is 1. The summed E-state index contributed by atoms with van der Waals surface area (Å²) < 4.78 is 0.188. The van der Waals surface area contributed by atoms with Gasteiger partial charge in [0.25, 0.3) is 0 Å². The van der Waals surface area contributed by atoms with E-state index in [1.165, 1.54) is 0 Å². The van der Waals surface area contributed by atoms with Crippen molar-refractivity contribution in [2.45, 2.75) is 56.7 Å². The monoisotopic (exact) mass is 314 g/mol. The Labute approximate surface area is 131 Å². The van der Waals surface area contributed by atoms with Crippen molar-refractivity contribution in [1.29, 1.82) is 0 Å². The van der Waals surface area contributed by atoms with Gasteiger partial charge in [-0.2, -0.15) is 11.8 Å². The Hall–Kier alpha value is -0.910.